The lowest BCUT2D eigenvalue weighted by Crippen LogP contribution is -2.18. The number of rotatable bonds is 7. The van der Waals surface area contributed by atoms with E-state index in [-0.39, 0.29) is 5.56 Å². The molecule has 0 amide bonds. The molecule has 0 aliphatic carbocycles. The van der Waals surface area contributed by atoms with Gasteiger partial charge in [0.2, 0.25) is 0 Å². The van der Waals surface area contributed by atoms with Gasteiger partial charge in [-0.2, -0.15) is 0 Å². The van der Waals surface area contributed by atoms with E-state index in [0.717, 1.165) is 50.3 Å². The zero-order chi connectivity index (χ0) is 22.1. The van der Waals surface area contributed by atoms with Crippen LogP contribution in [0.1, 0.15) is 35.1 Å². The number of pyridine rings is 1. The summed E-state index contributed by atoms with van der Waals surface area (Å²) in [5.41, 5.74) is 1.48. The monoisotopic (exact) mass is 454 g/mol. The molecule has 3 aromatic heterocycles. The lowest BCUT2D eigenvalue weighted by atomic mass is 10.2. The summed E-state index contributed by atoms with van der Waals surface area (Å²) in [6.45, 7) is 4.99. The minimum Gasteiger partial charge on any atom is -0.477 e. The Morgan fingerprint density at radius 2 is 2.06 bits per heavy atom. The third kappa shape index (κ3) is 4.24. The van der Waals surface area contributed by atoms with Crippen LogP contribution in [0.5, 0.6) is 0 Å². The fraction of sp³-hybridized carbons (Fsp3) is 0.273. The summed E-state index contributed by atoms with van der Waals surface area (Å²) < 4.78 is 2.75. The summed E-state index contributed by atoms with van der Waals surface area (Å²) in [5.74, 6) is -1.25. The number of hydrogen-bond acceptors (Lipinski definition) is 7. The van der Waals surface area contributed by atoms with Crippen LogP contribution in [0.15, 0.2) is 41.5 Å². The smallest absolute Gasteiger partial charge is 0.341 e. The van der Waals surface area contributed by atoms with Gasteiger partial charge in [0.15, 0.2) is 10.6 Å². The number of aryl methyl sites for hydroxylation is 1. The van der Waals surface area contributed by atoms with Crippen LogP contribution in [0.3, 0.4) is 0 Å². The van der Waals surface area contributed by atoms with E-state index in [0.29, 0.717) is 5.69 Å². The van der Waals surface area contributed by atoms with Crippen molar-refractivity contribution in [3.05, 3.63) is 57.5 Å². The molecule has 0 atom stereocenters. The van der Waals surface area contributed by atoms with E-state index in [9.17, 15) is 14.7 Å². The number of aromatic nitrogens is 3. The second-order valence-electron chi connectivity index (χ2n) is 7.28. The fourth-order valence-electron chi connectivity index (χ4n) is 3.33. The number of carboxylic acid groups (broad SMARTS) is 1. The van der Waals surface area contributed by atoms with Gasteiger partial charge in [-0.1, -0.05) is 24.7 Å². The van der Waals surface area contributed by atoms with Gasteiger partial charge >= 0.3 is 5.97 Å². The summed E-state index contributed by atoms with van der Waals surface area (Å²) in [4.78, 5) is 36.0. The first-order chi connectivity index (χ1) is 14.9. The molecule has 0 radical (unpaired) electrons. The fourth-order valence-corrected chi connectivity index (χ4v) is 5.10. The largest absolute Gasteiger partial charge is 0.477 e. The Hall–Kier alpha value is -3.04. The number of thiazole rings is 2. The number of carboxylic acids is 1. The lowest BCUT2D eigenvalue weighted by molar-refractivity contribution is 0.0695. The molecule has 0 saturated carbocycles. The average Bonchev–Trinajstić information content (AvgIpc) is 3.37. The Morgan fingerprint density at radius 1 is 1.26 bits per heavy atom. The standard InChI is InChI=1S/C22H22N4O3S2/c1-4-5-8-25(3)22-23-11-20(31-22)17-10-18(27)15(21(28)29)12-26(17)14-6-7-16-19(9-14)30-13(2)24-16/h6-7,9-12H,4-5,8H2,1-3H3,(H,28,29). The van der Waals surface area contributed by atoms with E-state index in [1.807, 2.05) is 32.2 Å². The van der Waals surface area contributed by atoms with Gasteiger partial charge in [-0.3, -0.25) is 4.79 Å². The molecule has 0 saturated heterocycles. The van der Waals surface area contributed by atoms with Crippen LogP contribution in [0.25, 0.3) is 26.5 Å². The normalized spacial score (nSPS) is 11.2. The molecule has 31 heavy (non-hydrogen) atoms. The Bertz CT molecular complexity index is 1320. The number of benzene rings is 1. The SMILES string of the molecule is CCCCN(C)c1ncc(-c2cc(=O)c(C(=O)O)cn2-c2ccc3nc(C)sc3c2)s1. The lowest BCUT2D eigenvalue weighted by Gasteiger charge is -2.15. The van der Waals surface area contributed by atoms with Gasteiger partial charge in [0, 0.05) is 37.7 Å². The maximum atomic E-state index is 12.5. The van der Waals surface area contributed by atoms with Gasteiger partial charge in [0.25, 0.3) is 0 Å². The molecule has 1 N–H and O–H groups in total. The number of fused-ring (bicyclic) bond motifs is 1. The first-order valence-corrected chi connectivity index (χ1v) is 11.6. The van der Waals surface area contributed by atoms with Crippen molar-refractivity contribution < 1.29 is 9.90 Å². The van der Waals surface area contributed by atoms with Gasteiger partial charge in [-0.15, -0.1) is 11.3 Å². The van der Waals surface area contributed by atoms with Crippen LogP contribution in [0.2, 0.25) is 0 Å². The molecule has 9 heteroatoms. The number of unbranched alkanes of at least 4 members (excludes halogenated alkanes) is 1. The predicted octanol–water partition coefficient (Wildman–Crippen LogP) is 4.81. The number of carbonyl (C=O) groups is 1. The van der Waals surface area contributed by atoms with E-state index in [1.165, 1.54) is 23.6 Å². The van der Waals surface area contributed by atoms with Crippen LogP contribution in [-0.4, -0.2) is 39.2 Å². The van der Waals surface area contributed by atoms with E-state index < -0.39 is 11.4 Å². The van der Waals surface area contributed by atoms with Crippen molar-refractivity contribution in [3.63, 3.8) is 0 Å². The van der Waals surface area contributed by atoms with Gasteiger partial charge < -0.3 is 14.6 Å². The summed E-state index contributed by atoms with van der Waals surface area (Å²) in [6.07, 6.45) is 5.30. The zero-order valence-corrected chi connectivity index (χ0v) is 19.1. The van der Waals surface area contributed by atoms with E-state index in [2.05, 4.69) is 21.8 Å². The molecular formula is C22H22N4O3S2. The van der Waals surface area contributed by atoms with Crippen molar-refractivity contribution >= 4 is 44.0 Å². The van der Waals surface area contributed by atoms with Crippen LogP contribution < -0.4 is 10.3 Å². The molecule has 7 nitrogen and oxygen atoms in total. The molecule has 0 aliphatic rings. The highest BCUT2D eigenvalue weighted by Crippen LogP contribution is 2.33. The van der Waals surface area contributed by atoms with Gasteiger partial charge in [0.05, 0.1) is 25.8 Å². The molecule has 0 bridgehead atoms. The highest BCUT2D eigenvalue weighted by molar-refractivity contribution is 7.19. The van der Waals surface area contributed by atoms with Crippen LogP contribution in [0, 0.1) is 6.92 Å². The van der Waals surface area contributed by atoms with Gasteiger partial charge in [-0.25, -0.2) is 14.8 Å². The molecule has 3 heterocycles. The average molecular weight is 455 g/mol. The van der Waals surface area contributed by atoms with E-state index in [4.69, 9.17) is 0 Å². The van der Waals surface area contributed by atoms with Crippen molar-refractivity contribution in [2.45, 2.75) is 26.7 Å². The first kappa shape index (κ1) is 21.2. The molecule has 4 aromatic rings. The quantitative estimate of drug-likeness (QED) is 0.431. The third-order valence-corrected chi connectivity index (χ3v) is 7.03. The van der Waals surface area contributed by atoms with Gasteiger partial charge in [0.1, 0.15) is 5.56 Å². The van der Waals surface area contributed by atoms with Crippen molar-refractivity contribution in [2.75, 3.05) is 18.5 Å². The number of aromatic carboxylic acids is 1. The van der Waals surface area contributed by atoms with Crippen LogP contribution >= 0.6 is 22.7 Å². The van der Waals surface area contributed by atoms with Crippen molar-refractivity contribution in [1.29, 1.82) is 0 Å². The predicted molar refractivity (Wildman–Crippen MR) is 126 cm³/mol. The van der Waals surface area contributed by atoms with Gasteiger partial charge in [-0.05, 0) is 31.5 Å². The van der Waals surface area contributed by atoms with Crippen molar-refractivity contribution in [1.82, 2.24) is 14.5 Å². The number of nitrogens with zero attached hydrogens (tertiary/aromatic N) is 4. The molecule has 0 fully saturated rings. The van der Waals surface area contributed by atoms with E-state index >= 15 is 0 Å². The molecule has 0 unspecified atom stereocenters. The Kier molecular flexibility index (Phi) is 5.88. The highest BCUT2D eigenvalue weighted by Gasteiger charge is 2.18. The van der Waals surface area contributed by atoms with Crippen LogP contribution in [-0.2, 0) is 0 Å². The molecule has 0 aliphatic heterocycles. The minimum absolute atomic E-state index is 0.269. The number of hydrogen-bond donors (Lipinski definition) is 1. The van der Waals surface area contributed by atoms with Crippen molar-refractivity contribution in [2.24, 2.45) is 0 Å². The summed E-state index contributed by atoms with van der Waals surface area (Å²) in [7, 11) is 2.00. The second kappa shape index (κ2) is 8.60. The summed E-state index contributed by atoms with van der Waals surface area (Å²) in [6, 6.07) is 7.15. The molecule has 160 valence electrons. The van der Waals surface area contributed by atoms with Crippen LogP contribution in [0.4, 0.5) is 5.13 Å². The Morgan fingerprint density at radius 3 is 2.81 bits per heavy atom. The Balaban J connectivity index is 1.85. The Labute approximate surface area is 187 Å². The maximum Gasteiger partial charge on any atom is 0.341 e. The molecule has 0 spiro atoms. The molecule has 1 aromatic carbocycles. The second-order valence-corrected chi connectivity index (χ2v) is 9.52. The molecular weight excluding hydrogens is 432 g/mol. The topological polar surface area (TPSA) is 88.3 Å². The number of anilines is 1. The minimum atomic E-state index is -1.25. The summed E-state index contributed by atoms with van der Waals surface area (Å²) >= 11 is 3.05. The molecule has 4 rings (SSSR count). The van der Waals surface area contributed by atoms with E-state index in [1.54, 1.807) is 22.1 Å². The zero-order valence-electron chi connectivity index (χ0n) is 17.5. The van der Waals surface area contributed by atoms with Crippen molar-refractivity contribution in [3.8, 4) is 16.3 Å². The summed E-state index contributed by atoms with van der Waals surface area (Å²) in [5, 5.41) is 11.3. The first-order valence-electron chi connectivity index (χ1n) is 9.92. The maximum absolute atomic E-state index is 12.5. The highest BCUT2D eigenvalue weighted by atomic mass is 32.1. The third-order valence-electron chi connectivity index (χ3n) is 4.96.